The van der Waals surface area contributed by atoms with E-state index in [9.17, 15) is 9.90 Å². The maximum atomic E-state index is 12.4. The molecule has 3 heterocycles. The van der Waals surface area contributed by atoms with Crippen molar-refractivity contribution in [1.82, 2.24) is 10.2 Å². The Balaban J connectivity index is 1.64. The second kappa shape index (κ2) is 6.40. The number of nitrogens with one attached hydrogen (secondary N) is 1. The molecular weight excluding hydrogens is 284 g/mol. The minimum absolute atomic E-state index is 0.107. The van der Waals surface area contributed by atoms with Gasteiger partial charge in [-0.15, -0.1) is 0 Å². The molecule has 6 heteroatoms. The maximum Gasteiger partial charge on any atom is 0.289 e. The van der Waals surface area contributed by atoms with Gasteiger partial charge in [-0.2, -0.15) is 0 Å². The molecule has 6 nitrogen and oxygen atoms in total. The molecule has 2 saturated heterocycles. The van der Waals surface area contributed by atoms with Crippen molar-refractivity contribution in [2.45, 2.75) is 25.9 Å². The highest BCUT2D eigenvalue weighted by molar-refractivity contribution is 5.91. The van der Waals surface area contributed by atoms with Gasteiger partial charge >= 0.3 is 0 Å². The number of aliphatic hydroxyl groups excluding tert-OH is 2. The summed E-state index contributed by atoms with van der Waals surface area (Å²) in [5.74, 6) is 0.881. The summed E-state index contributed by atoms with van der Waals surface area (Å²) >= 11 is 0. The Hall–Kier alpha value is -1.37. The van der Waals surface area contributed by atoms with Crippen molar-refractivity contribution in [3.63, 3.8) is 0 Å². The number of aliphatic hydroxyl groups is 2. The number of hydrogen-bond acceptors (Lipinski definition) is 5. The third kappa shape index (κ3) is 2.78. The zero-order valence-electron chi connectivity index (χ0n) is 12.8. The summed E-state index contributed by atoms with van der Waals surface area (Å²) in [6.07, 6.45) is 2.92. The Morgan fingerprint density at radius 3 is 2.73 bits per heavy atom. The minimum atomic E-state index is -0.193. The van der Waals surface area contributed by atoms with Gasteiger partial charge in [0.25, 0.3) is 5.91 Å². The number of piperidine rings is 2. The van der Waals surface area contributed by atoms with E-state index in [0.717, 1.165) is 32.4 Å². The van der Waals surface area contributed by atoms with Crippen LogP contribution in [0, 0.1) is 11.3 Å². The number of carbonyl (C=O) groups is 1. The van der Waals surface area contributed by atoms with Crippen molar-refractivity contribution in [3.05, 3.63) is 23.7 Å². The zero-order valence-corrected chi connectivity index (χ0v) is 12.8. The highest BCUT2D eigenvalue weighted by atomic mass is 16.4. The molecule has 0 bridgehead atoms. The topological polar surface area (TPSA) is 85.9 Å². The summed E-state index contributed by atoms with van der Waals surface area (Å²) in [6.45, 7) is 3.26. The summed E-state index contributed by atoms with van der Waals surface area (Å²) < 4.78 is 5.34. The first kappa shape index (κ1) is 15.5. The Labute approximate surface area is 130 Å². The van der Waals surface area contributed by atoms with Crippen LogP contribution in [0.1, 0.15) is 35.6 Å². The molecule has 1 aromatic heterocycles. The zero-order chi connectivity index (χ0) is 15.6. The average Bonchev–Trinajstić information content (AvgIpc) is 3.04. The van der Waals surface area contributed by atoms with E-state index in [0.29, 0.717) is 24.6 Å². The quantitative estimate of drug-likeness (QED) is 0.761. The number of hydrogen-bond donors (Lipinski definition) is 3. The lowest BCUT2D eigenvalue weighted by atomic mass is 9.65. The van der Waals surface area contributed by atoms with Crippen LogP contribution in [-0.2, 0) is 6.61 Å². The standard InChI is InChI=1S/C16H24N2O4/c19-10-12-9-17-6-3-16(12)4-7-18(8-5-16)15(21)14-2-1-13(11-20)22-14/h1-2,12,17,19-20H,3-11H2. The van der Waals surface area contributed by atoms with Gasteiger partial charge in [-0.05, 0) is 43.4 Å². The lowest BCUT2D eigenvalue weighted by Gasteiger charge is -2.48. The highest BCUT2D eigenvalue weighted by Gasteiger charge is 2.43. The van der Waals surface area contributed by atoms with E-state index in [4.69, 9.17) is 9.52 Å². The van der Waals surface area contributed by atoms with Crippen LogP contribution in [0.2, 0.25) is 0 Å². The molecule has 3 rings (SSSR count). The minimum Gasteiger partial charge on any atom is -0.453 e. The van der Waals surface area contributed by atoms with Crippen LogP contribution < -0.4 is 5.32 Å². The predicted octanol–water partition coefficient (Wildman–Crippen LogP) is 0.596. The first-order valence-corrected chi connectivity index (χ1v) is 7.99. The molecule has 1 unspecified atom stereocenters. The molecular formula is C16H24N2O4. The molecule has 2 aliphatic heterocycles. The van der Waals surface area contributed by atoms with Gasteiger partial charge in [-0.25, -0.2) is 0 Å². The van der Waals surface area contributed by atoms with E-state index in [1.54, 1.807) is 12.1 Å². The van der Waals surface area contributed by atoms with Crippen LogP contribution in [0.3, 0.4) is 0 Å². The van der Waals surface area contributed by atoms with Crippen LogP contribution in [0.25, 0.3) is 0 Å². The monoisotopic (exact) mass is 308 g/mol. The van der Waals surface area contributed by atoms with E-state index < -0.39 is 0 Å². The van der Waals surface area contributed by atoms with Gasteiger partial charge in [-0.1, -0.05) is 0 Å². The first-order valence-electron chi connectivity index (χ1n) is 7.99. The fraction of sp³-hybridized carbons (Fsp3) is 0.688. The molecule has 1 aromatic rings. The molecule has 0 aliphatic carbocycles. The van der Waals surface area contributed by atoms with Gasteiger partial charge in [0, 0.05) is 32.2 Å². The van der Waals surface area contributed by atoms with Crippen molar-refractivity contribution in [2.24, 2.45) is 11.3 Å². The van der Waals surface area contributed by atoms with Crippen molar-refractivity contribution in [3.8, 4) is 0 Å². The fourth-order valence-corrected chi connectivity index (χ4v) is 3.84. The SMILES string of the molecule is O=C(c1ccc(CO)o1)N1CCC2(CCNCC2CO)CC1. The molecule has 0 saturated carbocycles. The molecule has 1 atom stereocenters. The number of likely N-dealkylation sites (tertiary alicyclic amines) is 1. The molecule has 0 radical (unpaired) electrons. The Morgan fingerprint density at radius 2 is 2.09 bits per heavy atom. The van der Waals surface area contributed by atoms with Crippen LogP contribution in [0.15, 0.2) is 16.5 Å². The fourth-order valence-electron chi connectivity index (χ4n) is 3.84. The van der Waals surface area contributed by atoms with Gasteiger partial charge in [-0.3, -0.25) is 4.79 Å². The van der Waals surface area contributed by atoms with Crippen LogP contribution >= 0.6 is 0 Å². The van der Waals surface area contributed by atoms with E-state index >= 15 is 0 Å². The molecule has 1 spiro atoms. The summed E-state index contributed by atoms with van der Waals surface area (Å²) in [4.78, 5) is 14.3. The van der Waals surface area contributed by atoms with Crippen LogP contribution in [-0.4, -0.2) is 53.8 Å². The van der Waals surface area contributed by atoms with E-state index in [1.807, 2.05) is 4.90 Å². The van der Waals surface area contributed by atoms with Crippen molar-refractivity contribution in [1.29, 1.82) is 0 Å². The largest absolute Gasteiger partial charge is 0.453 e. The molecule has 22 heavy (non-hydrogen) atoms. The smallest absolute Gasteiger partial charge is 0.289 e. The van der Waals surface area contributed by atoms with Gasteiger partial charge in [0.05, 0.1) is 0 Å². The summed E-state index contributed by atoms with van der Waals surface area (Å²) in [5.41, 5.74) is 0.163. The Morgan fingerprint density at radius 1 is 1.32 bits per heavy atom. The summed E-state index contributed by atoms with van der Waals surface area (Å²) in [6, 6.07) is 3.26. The van der Waals surface area contributed by atoms with Gasteiger partial charge in [0.2, 0.25) is 0 Å². The summed E-state index contributed by atoms with van der Waals surface area (Å²) in [5, 5.41) is 22.0. The Bertz CT molecular complexity index is 520. The normalized spacial score (nSPS) is 24.6. The molecule has 2 fully saturated rings. The van der Waals surface area contributed by atoms with E-state index in [1.165, 1.54) is 0 Å². The van der Waals surface area contributed by atoms with Crippen molar-refractivity contribution < 1.29 is 19.4 Å². The lowest BCUT2D eigenvalue weighted by Crippen LogP contribution is -2.53. The predicted molar refractivity (Wildman–Crippen MR) is 80.3 cm³/mol. The van der Waals surface area contributed by atoms with Crippen molar-refractivity contribution >= 4 is 5.91 Å². The van der Waals surface area contributed by atoms with Crippen LogP contribution in [0.4, 0.5) is 0 Å². The number of amides is 1. The number of rotatable bonds is 3. The number of nitrogens with zero attached hydrogens (tertiary/aromatic N) is 1. The Kier molecular flexibility index (Phi) is 4.52. The van der Waals surface area contributed by atoms with Gasteiger partial charge < -0.3 is 24.8 Å². The lowest BCUT2D eigenvalue weighted by molar-refractivity contribution is -0.00204. The maximum absolute atomic E-state index is 12.4. The summed E-state index contributed by atoms with van der Waals surface area (Å²) in [7, 11) is 0. The van der Waals surface area contributed by atoms with Gasteiger partial charge in [0.1, 0.15) is 12.4 Å². The molecule has 3 N–H and O–H groups in total. The molecule has 0 aromatic carbocycles. The van der Waals surface area contributed by atoms with Crippen molar-refractivity contribution in [2.75, 3.05) is 32.8 Å². The molecule has 2 aliphatic rings. The van der Waals surface area contributed by atoms with E-state index in [-0.39, 0.29) is 30.5 Å². The second-order valence-electron chi connectivity index (χ2n) is 6.41. The third-order valence-corrected chi connectivity index (χ3v) is 5.35. The highest BCUT2D eigenvalue weighted by Crippen LogP contribution is 2.43. The first-order chi connectivity index (χ1) is 10.7. The van der Waals surface area contributed by atoms with Gasteiger partial charge in [0.15, 0.2) is 5.76 Å². The van der Waals surface area contributed by atoms with E-state index in [2.05, 4.69) is 5.32 Å². The van der Waals surface area contributed by atoms with Crippen LogP contribution in [0.5, 0.6) is 0 Å². The number of carbonyl (C=O) groups excluding carboxylic acids is 1. The molecule has 1 amide bonds. The second-order valence-corrected chi connectivity index (χ2v) is 6.41. The average molecular weight is 308 g/mol. The molecule has 122 valence electrons. The third-order valence-electron chi connectivity index (χ3n) is 5.35. The number of furan rings is 1.